The topological polar surface area (TPSA) is 94.0 Å². The second-order valence-corrected chi connectivity index (χ2v) is 5.18. The summed E-state index contributed by atoms with van der Waals surface area (Å²) in [4.78, 5) is 24.8. The molecule has 1 aliphatic carbocycles. The molecular formula is C15H20N4O3. The summed E-state index contributed by atoms with van der Waals surface area (Å²) >= 11 is 0. The predicted octanol–water partition coefficient (Wildman–Crippen LogP) is -0.156. The molecule has 2 amide bonds. The van der Waals surface area contributed by atoms with Crippen LogP contribution in [0.4, 0.5) is 5.69 Å². The summed E-state index contributed by atoms with van der Waals surface area (Å²) in [6, 6.07) is 7.59. The minimum Gasteiger partial charge on any atom is -0.395 e. The molecule has 118 valence electrons. The molecule has 0 saturated heterocycles. The van der Waals surface area contributed by atoms with Crippen LogP contribution in [0, 0.1) is 0 Å². The third-order valence-corrected chi connectivity index (χ3v) is 3.27. The zero-order valence-electron chi connectivity index (χ0n) is 12.5. The van der Waals surface area contributed by atoms with Gasteiger partial charge in [-0.25, -0.2) is 5.43 Å². The molecule has 1 saturated carbocycles. The monoisotopic (exact) mass is 304 g/mol. The highest BCUT2D eigenvalue weighted by Crippen LogP contribution is 2.18. The number of aliphatic hydroxyl groups excluding tert-OH is 1. The Morgan fingerprint density at radius 2 is 2.00 bits per heavy atom. The van der Waals surface area contributed by atoms with Gasteiger partial charge in [0.15, 0.2) is 0 Å². The minimum absolute atomic E-state index is 0.0919. The Morgan fingerprint density at radius 1 is 1.32 bits per heavy atom. The molecule has 0 heterocycles. The molecule has 0 unspecified atom stereocenters. The van der Waals surface area contributed by atoms with Crippen LogP contribution in [0.15, 0.2) is 29.4 Å². The molecule has 0 bridgehead atoms. The lowest BCUT2D eigenvalue weighted by Crippen LogP contribution is -2.38. The molecule has 2 rings (SSSR count). The molecule has 1 aromatic carbocycles. The highest BCUT2D eigenvalue weighted by molar-refractivity contribution is 6.35. The van der Waals surface area contributed by atoms with Crippen LogP contribution in [-0.4, -0.2) is 49.4 Å². The number of carbonyl (C=O) groups excluding carboxylic acids is 2. The van der Waals surface area contributed by atoms with E-state index in [4.69, 9.17) is 5.11 Å². The van der Waals surface area contributed by atoms with E-state index in [9.17, 15) is 9.59 Å². The normalized spacial score (nSPS) is 13.9. The van der Waals surface area contributed by atoms with E-state index in [0.29, 0.717) is 6.54 Å². The number of anilines is 1. The van der Waals surface area contributed by atoms with Gasteiger partial charge in [0.25, 0.3) is 0 Å². The van der Waals surface area contributed by atoms with Gasteiger partial charge in [0.05, 0.1) is 12.8 Å². The summed E-state index contributed by atoms with van der Waals surface area (Å²) in [7, 11) is 1.89. The van der Waals surface area contributed by atoms with E-state index in [1.54, 1.807) is 0 Å². The number of hydrogen-bond donors (Lipinski definition) is 3. The first kappa shape index (κ1) is 16.0. The molecule has 0 radical (unpaired) electrons. The van der Waals surface area contributed by atoms with Gasteiger partial charge >= 0.3 is 11.8 Å². The molecule has 0 aliphatic heterocycles. The zero-order chi connectivity index (χ0) is 15.9. The van der Waals surface area contributed by atoms with Gasteiger partial charge in [0.1, 0.15) is 0 Å². The lowest BCUT2D eigenvalue weighted by molar-refractivity contribution is -0.139. The molecule has 3 N–H and O–H groups in total. The number of hydrogen-bond acceptors (Lipinski definition) is 5. The van der Waals surface area contributed by atoms with Gasteiger partial charge in [0.2, 0.25) is 0 Å². The van der Waals surface area contributed by atoms with Crippen LogP contribution in [0.5, 0.6) is 0 Å². The van der Waals surface area contributed by atoms with E-state index < -0.39 is 11.8 Å². The zero-order valence-corrected chi connectivity index (χ0v) is 12.5. The van der Waals surface area contributed by atoms with Crippen LogP contribution in [0.2, 0.25) is 0 Å². The lowest BCUT2D eigenvalue weighted by Gasteiger charge is -2.17. The van der Waals surface area contributed by atoms with Crippen molar-refractivity contribution in [3.63, 3.8) is 0 Å². The average Bonchev–Trinajstić information content (AvgIpc) is 3.32. The van der Waals surface area contributed by atoms with Gasteiger partial charge in [-0.2, -0.15) is 5.10 Å². The van der Waals surface area contributed by atoms with E-state index in [-0.39, 0.29) is 12.6 Å². The molecule has 1 aliphatic rings. The number of carbonyl (C=O) groups is 2. The van der Waals surface area contributed by atoms with Crippen molar-refractivity contribution in [1.29, 1.82) is 0 Å². The summed E-state index contributed by atoms with van der Waals surface area (Å²) in [5.41, 5.74) is 3.96. The predicted molar refractivity (Wildman–Crippen MR) is 83.7 cm³/mol. The third kappa shape index (κ3) is 4.85. The molecule has 22 heavy (non-hydrogen) atoms. The molecule has 0 atom stereocenters. The molecule has 0 aromatic heterocycles. The van der Waals surface area contributed by atoms with E-state index in [1.165, 1.54) is 6.21 Å². The Balaban J connectivity index is 1.82. The first-order valence-corrected chi connectivity index (χ1v) is 7.16. The maximum absolute atomic E-state index is 11.4. The number of hydrazone groups is 1. The number of benzene rings is 1. The molecule has 7 nitrogen and oxygen atoms in total. The van der Waals surface area contributed by atoms with Crippen LogP contribution in [0.3, 0.4) is 0 Å². The SMILES string of the molecule is CN(CCO)c1ccc(/C=N\NC(=O)C(=O)NC2CC2)cc1. The van der Waals surface area contributed by atoms with Gasteiger partial charge in [-0.05, 0) is 30.5 Å². The Hall–Kier alpha value is -2.41. The number of rotatable bonds is 6. The van der Waals surface area contributed by atoms with Crippen LogP contribution in [0.1, 0.15) is 18.4 Å². The standard InChI is InChI=1S/C15H20N4O3/c1-19(8-9-20)13-6-2-11(3-7-13)10-16-18-15(22)14(21)17-12-4-5-12/h2-3,6-7,10,12,20H,4-5,8-9H2,1H3,(H,17,21)(H,18,22)/b16-10-. The maximum Gasteiger partial charge on any atom is 0.329 e. The second-order valence-electron chi connectivity index (χ2n) is 5.18. The Labute approximate surface area is 129 Å². The van der Waals surface area contributed by atoms with E-state index >= 15 is 0 Å². The number of nitrogens with zero attached hydrogens (tertiary/aromatic N) is 2. The fraction of sp³-hybridized carbons (Fsp3) is 0.400. The smallest absolute Gasteiger partial charge is 0.329 e. The summed E-state index contributed by atoms with van der Waals surface area (Å²) in [6.07, 6.45) is 3.33. The average molecular weight is 304 g/mol. The quantitative estimate of drug-likeness (QED) is 0.387. The minimum atomic E-state index is -0.762. The molecule has 1 fully saturated rings. The van der Waals surface area contributed by atoms with E-state index in [2.05, 4.69) is 15.8 Å². The second kappa shape index (κ2) is 7.56. The van der Waals surface area contributed by atoms with Crippen molar-refractivity contribution < 1.29 is 14.7 Å². The van der Waals surface area contributed by atoms with Gasteiger partial charge in [0, 0.05) is 25.3 Å². The van der Waals surface area contributed by atoms with Crippen molar-refractivity contribution >= 4 is 23.7 Å². The van der Waals surface area contributed by atoms with Crippen molar-refractivity contribution in [2.45, 2.75) is 18.9 Å². The first-order valence-electron chi connectivity index (χ1n) is 7.16. The van der Waals surface area contributed by atoms with Crippen LogP contribution in [-0.2, 0) is 9.59 Å². The van der Waals surface area contributed by atoms with Gasteiger partial charge in [-0.3, -0.25) is 9.59 Å². The highest BCUT2D eigenvalue weighted by atomic mass is 16.3. The molecule has 0 spiro atoms. The van der Waals surface area contributed by atoms with Crippen molar-refractivity contribution in [2.24, 2.45) is 5.10 Å². The Kier molecular flexibility index (Phi) is 5.48. The van der Waals surface area contributed by atoms with Crippen molar-refractivity contribution in [3.8, 4) is 0 Å². The fourth-order valence-corrected chi connectivity index (χ4v) is 1.79. The van der Waals surface area contributed by atoms with E-state index in [0.717, 1.165) is 24.1 Å². The summed E-state index contributed by atoms with van der Waals surface area (Å²) in [5.74, 6) is -1.41. The largest absolute Gasteiger partial charge is 0.395 e. The summed E-state index contributed by atoms with van der Waals surface area (Å²) < 4.78 is 0. The van der Waals surface area contributed by atoms with Gasteiger partial charge in [-0.15, -0.1) is 0 Å². The van der Waals surface area contributed by atoms with Gasteiger partial charge in [-0.1, -0.05) is 12.1 Å². The van der Waals surface area contributed by atoms with Crippen molar-refractivity contribution in [2.75, 3.05) is 25.1 Å². The van der Waals surface area contributed by atoms with Gasteiger partial charge < -0.3 is 15.3 Å². The van der Waals surface area contributed by atoms with Crippen molar-refractivity contribution in [1.82, 2.24) is 10.7 Å². The Bertz CT molecular complexity index is 552. The number of likely N-dealkylation sites (N-methyl/N-ethyl adjacent to an activating group) is 1. The molecule has 1 aromatic rings. The molecule has 7 heteroatoms. The van der Waals surface area contributed by atoms with Crippen LogP contribution < -0.4 is 15.6 Å². The summed E-state index contributed by atoms with van der Waals surface area (Å²) in [6.45, 7) is 0.647. The third-order valence-electron chi connectivity index (χ3n) is 3.27. The fourth-order valence-electron chi connectivity index (χ4n) is 1.79. The number of aliphatic hydroxyl groups is 1. The van der Waals surface area contributed by atoms with Crippen LogP contribution >= 0.6 is 0 Å². The van der Waals surface area contributed by atoms with E-state index in [1.807, 2.05) is 36.2 Å². The Morgan fingerprint density at radius 3 is 2.59 bits per heavy atom. The summed E-state index contributed by atoms with van der Waals surface area (Å²) in [5, 5.41) is 15.2. The number of amides is 2. The number of nitrogens with one attached hydrogen (secondary N) is 2. The van der Waals surface area contributed by atoms with Crippen molar-refractivity contribution in [3.05, 3.63) is 29.8 Å². The maximum atomic E-state index is 11.4. The molecular weight excluding hydrogens is 284 g/mol. The lowest BCUT2D eigenvalue weighted by atomic mass is 10.2. The first-order chi connectivity index (χ1) is 10.6. The van der Waals surface area contributed by atoms with Crippen LogP contribution in [0.25, 0.3) is 0 Å². The highest BCUT2D eigenvalue weighted by Gasteiger charge is 2.26.